The molecule has 0 saturated carbocycles. The van der Waals surface area contributed by atoms with E-state index in [2.05, 4.69) is 74.1 Å². The molecule has 0 rings (SSSR count). The van der Waals surface area contributed by atoms with Crippen LogP contribution in [-0.4, -0.2) is 34.6 Å². The van der Waals surface area contributed by atoms with Crippen LogP contribution in [0.1, 0.15) is 69.2 Å². The van der Waals surface area contributed by atoms with Gasteiger partial charge in [0.05, 0.1) is 11.2 Å². The summed E-state index contributed by atoms with van der Waals surface area (Å²) in [7, 11) is 0. The Hall–Kier alpha value is -0.120. The number of ether oxygens (including phenoxy) is 2. The van der Waals surface area contributed by atoms with Crippen LogP contribution in [0.15, 0.2) is 0 Å². The summed E-state index contributed by atoms with van der Waals surface area (Å²) in [6.45, 7) is 21.0. The lowest BCUT2D eigenvalue weighted by molar-refractivity contribution is -0.305. The first kappa shape index (κ1) is 17.9. The monoisotopic (exact) mass is 259 g/mol. The molecule has 0 amide bonds. The molecule has 0 unspecified atom stereocenters. The highest BCUT2D eigenvalue weighted by atomic mass is 16.7. The Balaban J connectivity index is 5.05. The second-order valence-corrected chi connectivity index (χ2v) is 7.40. The molecule has 0 atom stereocenters. The molecule has 0 aromatic heterocycles. The minimum atomic E-state index is -0.315. The number of nitrogens with zero attached hydrogens (tertiary/aromatic N) is 1. The van der Waals surface area contributed by atoms with Gasteiger partial charge in [-0.1, -0.05) is 0 Å². The van der Waals surface area contributed by atoms with Gasteiger partial charge < -0.3 is 9.47 Å². The highest BCUT2D eigenvalue weighted by Gasteiger charge is 2.32. The molecule has 0 aliphatic rings. The van der Waals surface area contributed by atoms with E-state index in [-0.39, 0.29) is 17.6 Å². The van der Waals surface area contributed by atoms with Crippen molar-refractivity contribution in [3.8, 4) is 0 Å². The van der Waals surface area contributed by atoms with Crippen LogP contribution in [-0.2, 0) is 9.47 Å². The van der Waals surface area contributed by atoms with Crippen molar-refractivity contribution < 1.29 is 9.47 Å². The molecule has 3 nitrogen and oxygen atoms in total. The molecule has 0 aliphatic carbocycles. The van der Waals surface area contributed by atoms with Crippen LogP contribution in [0, 0.1) is 0 Å². The third-order valence-electron chi connectivity index (χ3n) is 2.34. The van der Waals surface area contributed by atoms with Gasteiger partial charge in [0, 0.05) is 12.1 Å². The summed E-state index contributed by atoms with van der Waals surface area (Å²) in [5, 5.41) is 0. The van der Waals surface area contributed by atoms with Gasteiger partial charge in [-0.2, -0.15) is 0 Å². The third-order valence-corrected chi connectivity index (χ3v) is 2.34. The van der Waals surface area contributed by atoms with E-state index < -0.39 is 0 Å². The maximum absolute atomic E-state index is 6.10. The van der Waals surface area contributed by atoms with Crippen molar-refractivity contribution in [1.29, 1.82) is 0 Å². The highest BCUT2D eigenvalue weighted by Crippen LogP contribution is 2.23. The zero-order valence-corrected chi connectivity index (χ0v) is 14.0. The number of rotatable bonds is 5. The maximum Gasteiger partial charge on any atom is 0.220 e. The Morgan fingerprint density at radius 2 is 0.944 bits per heavy atom. The molecule has 0 radical (unpaired) electrons. The smallest absolute Gasteiger partial charge is 0.220 e. The van der Waals surface area contributed by atoms with Crippen LogP contribution < -0.4 is 0 Å². The fourth-order valence-electron chi connectivity index (χ4n) is 1.83. The zero-order valence-electron chi connectivity index (χ0n) is 14.0. The molecule has 0 N–H and O–H groups in total. The van der Waals surface area contributed by atoms with Gasteiger partial charge in [-0.3, -0.25) is 4.90 Å². The average Bonchev–Trinajstić information content (AvgIpc) is 1.93. The second-order valence-electron chi connectivity index (χ2n) is 7.40. The molecule has 0 heterocycles. The van der Waals surface area contributed by atoms with Gasteiger partial charge in [-0.15, -0.1) is 0 Å². The quantitative estimate of drug-likeness (QED) is 0.696. The maximum atomic E-state index is 6.10. The van der Waals surface area contributed by atoms with Crippen molar-refractivity contribution in [1.82, 2.24) is 4.90 Å². The normalized spacial score (nSPS) is 14.3. The summed E-state index contributed by atoms with van der Waals surface area (Å²) in [6.07, 6.45) is -0.315. The Morgan fingerprint density at radius 3 is 1.11 bits per heavy atom. The van der Waals surface area contributed by atoms with Gasteiger partial charge in [0.25, 0.3) is 0 Å². The minimum Gasteiger partial charge on any atom is -0.334 e. The van der Waals surface area contributed by atoms with E-state index in [1.807, 2.05) is 0 Å². The average molecular weight is 259 g/mol. The van der Waals surface area contributed by atoms with Crippen molar-refractivity contribution in [3.63, 3.8) is 0 Å². The van der Waals surface area contributed by atoms with Crippen molar-refractivity contribution in [2.45, 2.75) is 98.9 Å². The predicted molar refractivity (Wildman–Crippen MR) is 77.6 cm³/mol. The molecule has 110 valence electrons. The minimum absolute atomic E-state index is 0.224. The van der Waals surface area contributed by atoms with Crippen molar-refractivity contribution in [2.24, 2.45) is 0 Å². The molecular weight excluding hydrogens is 226 g/mol. The zero-order chi connectivity index (χ0) is 14.7. The molecule has 0 aromatic carbocycles. The second kappa shape index (κ2) is 6.36. The van der Waals surface area contributed by atoms with E-state index in [0.29, 0.717) is 12.1 Å². The molecular formula is C15H33NO2. The number of hydrogen-bond donors (Lipinski definition) is 0. The largest absolute Gasteiger partial charge is 0.334 e. The van der Waals surface area contributed by atoms with Crippen molar-refractivity contribution in [2.75, 3.05) is 0 Å². The standard InChI is InChI=1S/C15H33NO2/c1-11(2)16(12(3)4)13(17-14(5,6)7)18-15(8,9)10/h11-13H,1-10H3. The van der Waals surface area contributed by atoms with Crippen LogP contribution in [0.25, 0.3) is 0 Å². The van der Waals surface area contributed by atoms with Crippen LogP contribution in [0.4, 0.5) is 0 Å². The van der Waals surface area contributed by atoms with E-state index in [9.17, 15) is 0 Å². The first-order valence-electron chi connectivity index (χ1n) is 6.96. The van der Waals surface area contributed by atoms with E-state index in [1.165, 1.54) is 0 Å². The lowest BCUT2D eigenvalue weighted by Gasteiger charge is -2.42. The summed E-state index contributed by atoms with van der Waals surface area (Å²) >= 11 is 0. The van der Waals surface area contributed by atoms with E-state index in [4.69, 9.17) is 9.47 Å². The Morgan fingerprint density at radius 1 is 0.667 bits per heavy atom. The molecule has 0 aromatic rings. The predicted octanol–water partition coefficient (Wildman–Crippen LogP) is 4.02. The molecule has 0 spiro atoms. The van der Waals surface area contributed by atoms with Gasteiger partial charge in [-0.05, 0) is 69.2 Å². The van der Waals surface area contributed by atoms with Crippen molar-refractivity contribution in [3.05, 3.63) is 0 Å². The van der Waals surface area contributed by atoms with Crippen LogP contribution in [0.3, 0.4) is 0 Å². The van der Waals surface area contributed by atoms with E-state index >= 15 is 0 Å². The van der Waals surface area contributed by atoms with Crippen LogP contribution in [0.5, 0.6) is 0 Å². The summed E-state index contributed by atoms with van der Waals surface area (Å²) in [5.74, 6) is 0. The van der Waals surface area contributed by atoms with Gasteiger partial charge in [0.1, 0.15) is 0 Å². The van der Waals surface area contributed by atoms with Crippen LogP contribution in [0.2, 0.25) is 0 Å². The summed E-state index contributed by atoms with van der Waals surface area (Å²) in [4.78, 5) is 2.26. The Bertz CT molecular complexity index is 212. The van der Waals surface area contributed by atoms with Crippen LogP contribution >= 0.6 is 0 Å². The van der Waals surface area contributed by atoms with Gasteiger partial charge in [-0.25, -0.2) is 0 Å². The summed E-state index contributed by atoms with van der Waals surface area (Å²) < 4.78 is 12.2. The topological polar surface area (TPSA) is 21.7 Å². The van der Waals surface area contributed by atoms with E-state index in [1.54, 1.807) is 0 Å². The first-order valence-corrected chi connectivity index (χ1v) is 6.96. The fraction of sp³-hybridized carbons (Fsp3) is 1.00. The summed E-state index contributed by atoms with van der Waals surface area (Å²) in [6, 6.07) is 0.749. The van der Waals surface area contributed by atoms with Gasteiger partial charge in [0.15, 0.2) is 0 Å². The Kier molecular flexibility index (Phi) is 6.31. The van der Waals surface area contributed by atoms with E-state index in [0.717, 1.165) is 0 Å². The summed E-state index contributed by atoms with van der Waals surface area (Å²) in [5.41, 5.74) is -0.449. The van der Waals surface area contributed by atoms with Crippen molar-refractivity contribution >= 4 is 0 Å². The fourth-order valence-corrected chi connectivity index (χ4v) is 1.83. The lowest BCUT2D eigenvalue weighted by Crippen LogP contribution is -2.52. The molecule has 0 aliphatic heterocycles. The number of hydrogen-bond acceptors (Lipinski definition) is 3. The highest BCUT2D eigenvalue weighted by molar-refractivity contribution is 4.72. The molecule has 0 bridgehead atoms. The Labute approximate surface area is 114 Å². The molecule has 18 heavy (non-hydrogen) atoms. The molecule has 0 fully saturated rings. The van der Waals surface area contributed by atoms with Gasteiger partial charge >= 0.3 is 0 Å². The first-order chi connectivity index (χ1) is 7.83. The molecule has 0 saturated heterocycles. The lowest BCUT2D eigenvalue weighted by atomic mass is 10.2. The molecule has 3 heteroatoms. The third kappa shape index (κ3) is 7.34. The SMILES string of the molecule is CC(C)N(C(C)C)C(OC(C)(C)C)OC(C)(C)C. The van der Waals surface area contributed by atoms with Gasteiger partial charge in [0.2, 0.25) is 6.41 Å².